The maximum absolute atomic E-state index is 12.6. The number of carbonyl (C=O) groups is 1. The van der Waals surface area contributed by atoms with E-state index >= 15 is 0 Å². The fraction of sp³-hybridized carbons (Fsp3) is 0.941. The number of piperazine rings is 1. The van der Waals surface area contributed by atoms with Crippen LogP contribution in [0.15, 0.2) is 0 Å². The highest BCUT2D eigenvalue weighted by molar-refractivity contribution is 5.77. The van der Waals surface area contributed by atoms with E-state index < -0.39 is 0 Å². The van der Waals surface area contributed by atoms with Crippen molar-refractivity contribution in [2.45, 2.75) is 70.8 Å². The summed E-state index contributed by atoms with van der Waals surface area (Å²) in [6, 6.07) is 0. The Morgan fingerprint density at radius 2 is 1.90 bits per heavy atom. The Morgan fingerprint density at radius 1 is 1.10 bits per heavy atom. The third kappa shape index (κ3) is 2.74. The molecule has 0 radical (unpaired) electrons. The van der Waals surface area contributed by atoms with Crippen LogP contribution >= 0.6 is 0 Å². The predicted octanol–water partition coefficient (Wildman–Crippen LogP) is 3.04. The number of nitrogens with zero attached hydrogens (tertiary/aromatic N) is 2. The molecule has 2 saturated heterocycles. The van der Waals surface area contributed by atoms with Crippen LogP contribution in [0.3, 0.4) is 0 Å². The summed E-state index contributed by atoms with van der Waals surface area (Å²) in [6.07, 6.45) is 9.76. The molecule has 1 unspecified atom stereocenters. The zero-order valence-corrected chi connectivity index (χ0v) is 13.3. The van der Waals surface area contributed by atoms with Gasteiger partial charge >= 0.3 is 0 Å². The van der Waals surface area contributed by atoms with Gasteiger partial charge in [0.25, 0.3) is 0 Å². The third-order valence-electron chi connectivity index (χ3n) is 5.87. The molecule has 3 aliphatic rings. The van der Waals surface area contributed by atoms with Crippen LogP contribution in [0.25, 0.3) is 0 Å². The lowest BCUT2D eigenvalue weighted by Gasteiger charge is -2.53. The zero-order valence-electron chi connectivity index (χ0n) is 13.3. The summed E-state index contributed by atoms with van der Waals surface area (Å²) >= 11 is 0. The van der Waals surface area contributed by atoms with Crippen molar-refractivity contribution in [1.29, 1.82) is 0 Å². The van der Waals surface area contributed by atoms with E-state index in [1.54, 1.807) is 0 Å². The average Bonchev–Trinajstić information content (AvgIpc) is 3.15. The van der Waals surface area contributed by atoms with Gasteiger partial charge in [-0.2, -0.15) is 0 Å². The molecule has 1 saturated carbocycles. The van der Waals surface area contributed by atoms with Crippen LogP contribution in [0, 0.1) is 5.41 Å². The maximum atomic E-state index is 12.6. The van der Waals surface area contributed by atoms with Crippen molar-refractivity contribution in [2.75, 3.05) is 26.2 Å². The summed E-state index contributed by atoms with van der Waals surface area (Å²) in [4.78, 5) is 17.5. The largest absolute Gasteiger partial charge is 0.340 e. The summed E-state index contributed by atoms with van der Waals surface area (Å²) in [7, 11) is 0. The van der Waals surface area contributed by atoms with Gasteiger partial charge in [0.05, 0.1) is 0 Å². The van der Waals surface area contributed by atoms with Gasteiger partial charge in [-0.1, -0.05) is 26.7 Å². The predicted molar refractivity (Wildman–Crippen MR) is 81.6 cm³/mol. The van der Waals surface area contributed by atoms with Crippen molar-refractivity contribution < 1.29 is 4.79 Å². The average molecular weight is 278 g/mol. The molecule has 114 valence electrons. The summed E-state index contributed by atoms with van der Waals surface area (Å²) in [5.74, 6) is 0.422. The van der Waals surface area contributed by atoms with Gasteiger partial charge in [-0.05, 0) is 44.1 Å². The Labute approximate surface area is 123 Å². The first-order chi connectivity index (χ1) is 9.57. The molecule has 3 heteroatoms. The smallest absolute Gasteiger partial charge is 0.223 e. The number of amides is 1. The topological polar surface area (TPSA) is 23.6 Å². The normalized spacial score (nSPS) is 32.8. The van der Waals surface area contributed by atoms with Crippen molar-refractivity contribution >= 4 is 5.91 Å². The van der Waals surface area contributed by atoms with Gasteiger partial charge < -0.3 is 4.90 Å². The van der Waals surface area contributed by atoms with Crippen LogP contribution in [0.5, 0.6) is 0 Å². The van der Waals surface area contributed by atoms with Crippen LogP contribution in [0.2, 0.25) is 0 Å². The number of piperidine rings is 1. The molecule has 0 bridgehead atoms. The van der Waals surface area contributed by atoms with E-state index in [2.05, 4.69) is 23.6 Å². The Hall–Kier alpha value is -0.570. The van der Waals surface area contributed by atoms with Gasteiger partial charge in [-0.3, -0.25) is 9.69 Å². The molecule has 0 aromatic carbocycles. The molecule has 0 aromatic rings. The Morgan fingerprint density at radius 3 is 2.60 bits per heavy atom. The van der Waals surface area contributed by atoms with E-state index in [1.165, 1.54) is 51.5 Å². The Kier molecular flexibility index (Phi) is 3.83. The number of hydrogen-bond donors (Lipinski definition) is 0. The number of rotatable bonds is 4. The van der Waals surface area contributed by atoms with E-state index in [9.17, 15) is 4.79 Å². The Balaban J connectivity index is 1.67. The summed E-state index contributed by atoms with van der Waals surface area (Å²) < 4.78 is 0. The molecular formula is C17H30N2O. The minimum absolute atomic E-state index is 0.311. The lowest BCUT2D eigenvalue weighted by atomic mass is 9.80. The van der Waals surface area contributed by atoms with Crippen LogP contribution in [0.1, 0.15) is 65.2 Å². The highest BCUT2D eigenvalue weighted by atomic mass is 16.2. The molecule has 1 amide bonds. The van der Waals surface area contributed by atoms with Crippen molar-refractivity contribution in [3.63, 3.8) is 0 Å². The summed E-state index contributed by atoms with van der Waals surface area (Å²) in [5.41, 5.74) is 0.657. The molecule has 0 spiro atoms. The molecule has 0 aromatic heterocycles. The van der Waals surface area contributed by atoms with Crippen molar-refractivity contribution in [1.82, 2.24) is 9.80 Å². The molecular weight excluding hydrogens is 248 g/mol. The highest BCUT2D eigenvalue weighted by Crippen LogP contribution is 2.48. The van der Waals surface area contributed by atoms with Crippen LogP contribution < -0.4 is 0 Å². The van der Waals surface area contributed by atoms with E-state index in [4.69, 9.17) is 0 Å². The van der Waals surface area contributed by atoms with E-state index in [1.807, 2.05) is 0 Å². The van der Waals surface area contributed by atoms with E-state index in [0.29, 0.717) is 16.9 Å². The highest BCUT2D eigenvalue weighted by Gasteiger charge is 2.45. The fourth-order valence-corrected chi connectivity index (χ4v) is 4.26. The number of hydrogen-bond acceptors (Lipinski definition) is 2. The first-order valence-electron chi connectivity index (χ1n) is 8.60. The van der Waals surface area contributed by atoms with Crippen molar-refractivity contribution in [3.8, 4) is 0 Å². The molecule has 20 heavy (non-hydrogen) atoms. The quantitative estimate of drug-likeness (QED) is 0.789. The Bertz CT molecular complexity index is 373. The van der Waals surface area contributed by atoms with Gasteiger partial charge in [-0.25, -0.2) is 0 Å². The van der Waals surface area contributed by atoms with Crippen LogP contribution in [-0.2, 0) is 4.79 Å². The number of fused-ring (bicyclic) bond motifs is 1. The van der Waals surface area contributed by atoms with E-state index in [-0.39, 0.29) is 0 Å². The molecule has 2 aliphatic heterocycles. The summed E-state index contributed by atoms with van der Waals surface area (Å²) in [6.45, 7) is 8.86. The maximum Gasteiger partial charge on any atom is 0.223 e. The van der Waals surface area contributed by atoms with Crippen molar-refractivity contribution in [2.24, 2.45) is 5.41 Å². The van der Waals surface area contributed by atoms with Gasteiger partial charge in [0.2, 0.25) is 5.91 Å². The van der Waals surface area contributed by atoms with Crippen molar-refractivity contribution in [3.05, 3.63) is 0 Å². The SMILES string of the molecule is CCCC12CCCCN1CCN(C(=O)CC1(C)CC1)C2. The molecule has 3 fully saturated rings. The molecule has 3 rings (SSSR count). The standard InChI is InChI=1S/C17H30N2O/c1-3-6-17-7-4-5-10-19(17)12-11-18(14-17)15(20)13-16(2)8-9-16/h3-14H2,1-2H3. The van der Waals surface area contributed by atoms with Gasteiger partial charge in [-0.15, -0.1) is 0 Å². The molecule has 3 nitrogen and oxygen atoms in total. The monoisotopic (exact) mass is 278 g/mol. The summed E-state index contributed by atoms with van der Waals surface area (Å²) in [5, 5.41) is 0. The molecule has 0 N–H and O–H groups in total. The molecule has 1 atom stereocenters. The third-order valence-corrected chi connectivity index (χ3v) is 5.87. The lowest BCUT2D eigenvalue weighted by Crippen LogP contribution is -2.64. The van der Waals surface area contributed by atoms with Gasteiger partial charge in [0.15, 0.2) is 0 Å². The first kappa shape index (κ1) is 14.4. The fourth-order valence-electron chi connectivity index (χ4n) is 4.26. The van der Waals surface area contributed by atoms with E-state index in [0.717, 1.165) is 26.1 Å². The first-order valence-corrected chi connectivity index (χ1v) is 8.60. The van der Waals surface area contributed by atoms with Crippen LogP contribution in [0.4, 0.5) is 0 Å². The second-order valence-corrected chi connectivity index (χ2v) is 7.72. The lowest BCUT2D eigenvalue weighted by molar-refractivity contribution is -0.140. The van der Waals surface area contributed by atoms with Gasteiger partial charge in [0.1, 0.15) is 0 Å². The second-order valence-electron chi connectivity index (χ2n) is 7.72. The minimum Gasteiger partial charge on any atom is -0.340 e. The van der Waals surface area contributed by atoms with Crippen LogP contribution in [-0.4, -0.2) is 47.4 Å². The van der Waals surface area contributed by atoms with Gasteiger partial charge in [0, 0.05) is 31.6 Å². The zero-order chi connectivity index (χ0) is 14.2. The minimum atomic E-state index is 0.311. The molecule has 2 heterocycles. The second kappa shape index (κ2) is 5.32. The number of carbonyl (C=O) groups excluding carboxylic acids is 1. The molecule has 1 aliphatic carbocycles.